The van der Waals surface area contributed by atoms with E-state index in [1.807, 2.05) is 6.20 Å². The lowest BCUT2D eigenvalue weighted by Gasteiger charge is -2.16. The minimum absolute atomic E-state index is 0.499. The van der Waals surface area contributed by atoms with Gasteiger partial charge in [-0.2, -0.15) is 0 Å². The first-order chi connectivity index (χ1) is 7.79. The highest BCUT2D eigenvalue weighted by Crippen LogP contribution is 2.08. The van der Waals surface area contributed by atoms with Crippen LogP contribution in [0.15, 0.2) is 12.4 Å². The minimum atomic E-state index is 0.499. The van der Waals surface area contributed by atoms with E-state index in [1.165, 1.54) is 25.1 Å². The Bertz CT molecular complexity index is 280. The predicted molar refractivity (Wildman–Crippen MR) is 68.7 cm³/mol. The van der Waals surface area contributed by atoms with Crippen molar-refractivity contribution in [1.82, 2.24) is 14.9 Å². The Morgan fingerprint density at radius 3 is 2.88 bits per heavy atom. The summed E-state index contributed by atoms with van der Waals surface area (Å²) in [5.41, 5.74) is 0. The van der Waals surface area contributed by atoms with E-state index in [0.29, 0.717) is 6.04 Å². The number of hydrogen-bond donors (Lipinski definition) is 1. The quantitative estimate of drug-likeness (QED) is 0.687. The van der Waals surface area contributed by atoms with Crippen molar-refractivity contribution in [3.8, 4) is 0 Å². The first kappa shape index (κ1) is 13.2. The number of aryl methyl sites for hydroxylation is 1. The van der Waals surface area contributed by atoms with Crippen molar-refractivity contribution in [2.24, 2.45) is 0 Å². The second-order valence-corrected chi connectivity index (χ2v) is 4.36. The maximum atomic E-state index is 4.35. The summed E-state index contributed by atoms with van der Waals surface area (Å²) >= 11 is 0. The molecule has 3 nitrogen and oxygen atoms in total. The molecule has 0 aliphatic heterocycles. The zero-order valence-corrected chi connectivity index (χ0v) is 10.9. The van der Waals surface area contributed by atoms with Crippen molar-refractivity contribution in [1.29, 1.82) is 0 Å². The van der Waals surface area contributed by atoms with Crippen molar-refractivity contribution in [3.63, 3.8) is 0 Å². The highest BCUT2D eigenvalue weighted by Gasteiger charge is 2.07. The summed E-state index contributed by atoms with van der Waals surface area (Å²) in [7, 11) is 0. The van der Waals surface area contributed by atoms with E-state index in [2.05, 4.69) is 41.8 Å². The third kappa shape index (κ3) is 3.97. The molecule has 0 amide bonds. The van der Waals surface area contributed by atoms with Gasteiger partial charge in [0.2, 0.25) is 0 Å². The van der Waals surface area contributed by atoms with E-state index in [0.717, 1.165) is 19.5 Å². The lowest BCUT2D eigenvalue weighted by molar-refractivity contribution is 0.473. The molecule has 0 fully saturated rings. The van der Waals surface area contributed by atoms with E-state index in [9.17, 15) is 0 Å². The normalized spacial score (nSPS) is 12.9. The highest BCUT2D eigenvalue weighted by atomic mass is 15.1. The van der Waals surface area contributed by atoms with Gasteiger partial charge in [-0.25, -0.2) is 4.98 Å². The summed E-state index contributed by atoms with van der Waals surface area (Å²) in [4.78, 5) is 4.35. The summed E-state index contributed by atoms with van der Waals surface area (Å²) in [5.74, 6) is 1.18. The number of imidazole rings is 1. The van der Waals surface area contributed by atoms with Crippen LogP contribution in [0.4, 0.5) is 0 Å². The largest absolute Gasteiger partial charge is 0.331 e. The molecular formula is C13H25N3. The van der Waals surface area contributed by atoms with Gasteiger partial charge in [-0.15, -0.1) is 0 Å². The molecule has 0 saturated carbocycles. The first-order valence-electron chi connectivity index (χ1n) is 6.52. The molecule has 1 aromatic heterocycles. The summed E-state index contributed by atoms with van der Waals surface area (Å²) in [6.07, 6.45) is 8.88. The Hall–Kier alpha value is -0.830. The van der Waals surface area contributed by atoms with Gasteiger partial charge < -0.3 is 9.88 Å². The van der Waals surface area contributed by atoms with Crippen LogP contribution in [-0.4, -0.2) is 22.6 Å². The van der Waals surface area contributed by atoms with Crippen LogP contribution in [-0.2, 0) is 6.42 Å². The van der Waals surface area contributed by atoms with Gasteiger partial charge in [0, 0.05) is 31.4 Å². The van der Waals surface area contributed by atoms with E-state index in [1.54, 1.807) is 0 Å². The second-order valence-electron chi connectivity index (χ2n) is 4.36. The lowest BCUT2D eigenvalue weighted by Crippen LogP contribution is -2.25. The maximum Gasteiger partial charge on any atom is 0.108 e. The second kappa shape index (κ2) is 7.44. The van der Waals surface area contributed by atoms with Gasteiger partial charge in [0.25, 0.3) is 0 Å². The molecule has 1 rings (SSSR count). The Morgan fingerprint density at radius 2 is 2.19 bits per heavy atom. The van der Waals surface area contributed by atoms with Crippen LogP contribution in [0.1, 0.15) is 51.9 Å². The molecule has 1 N–H and O–H groups in total. The van der Waals surface area contributed by atoms with Crippen molar-refractivity contribution in [3.05, 3.63) is 18.2 Å². The molecule has 0 radical (unpaired) electrons. The smallest absolute Gasteiger partial charge is 0.108 e. The molecule has 1 unspecified atom stereocenters. The highest BCUT2D eigenvalue weighted by molar-refractivity contribution is 4.94. The fourth-order valence-corrected chi connectivity index (χ4v) is 1.93. The van der Waals surface area contributed by atoms with Crippen LogP contribution in [0.5, 0.6) is 0 Å². The average molecular weight is 223 g/mol. The van der Waals surface area contributed by atoms with Crippen LogP contribution < -0.4 is 5.32 Å². The van der Waals surface area contributed by atoms with E-state index in [4.69, 9.17) is 0 Å². The molecule has 92 valence electrons. The lowest BCUT2D eigenvalue weighted by atomic mass is 10.2. The average Bonchev–Trinajstić information content (AvgIpc) is 2.76. The number of rotatable bonds is 8. The molecule has 0 aliphatic carbocycles. The van der Waals surface area contributed by atoms with E-state index < -0.39 is 0 Å². The van der Waals surface area contributed by atoms with Gasteiger partial charge in [-0.1, -0.05) is 26.7 Å². The number of nitrogens with zero attached hydrogens (tertiary/aromatic N) is 2. The van der Waals surface area contributed by atoms with Crippen LogP contribution in [0, 0.1) is 0 Å². The fraction of sp³-hybridized carbons (Fsp3) is 0.769. The molecule has 0 aliphatic rings. The van der Waals surface area contributed by atoms with Crippen molar-refractivity contribution < 1.29 is 0 Å². The fourth-order valence-electron chi connectivity index (χ4n) is 1.93. The molecule has 1 atom stereocenters. The molecule has 0 spiro atoms. The van der Waals surface area contributed by atoms with Crippen molar-refractivity contribution in [2.75, 3.05) is 13.1 Å². The molecule has 0 bridgehead atoms. The predicted octanol–water partition coefficient (Wildman–Crippen LogP) is 2.79. The molecule has 1 heterocycles. The van der Waals surface area contributed by atoms with Gasteiger partial charge >= 0.3 is 0 Å². The van der Waals surface area contributed by atoms with Crippen LogP contribution in [0.3, 0.4) is 0 Å². The Balaban J connectivity index is 2.27. The van der Waals surface area contributed by atoms with Crippen LogP contribution in [0.2, 0.25) is 0 Å². The molecule has 1 aromatic rings. The number of aromatic nitrogens is 2. The van der Waals surface area contributed by atoms with Gasteiger partial charge in [0.15, 0.2) is 0 Å². The summed E-state index contributed by atoms with van der Waals surface area (Å²) in [6.45, 7) is 8.80. The zero-order valence-electron chi connectivity index (χ0n) is 10.9. The van der Waals surface area contributed by atoms with Crippen molar-refractivity contribution in [2.45, 2.75) is 52.5 Å². The van der Waals surface area contributed by atoms with Gasteiger partial charge in [-0.3, -0.25) is 0 Å². The molecule has 16 heavy (non-hydrogen) atoms. The van der Waals surface area contributed by atoms with Crippen LogP contribution >= 0.6 is 0 Å². The maximum absolute atomic E-state index is 4.35. The molecule has 0 aromatic carbocycles. The molecule has 3 heteroatoms. The van der Waals surface area contributed by atoms with Gasteiger partial charge in [0.1, 0.15) is 5.82 Å². The summed E-state index contributed by atoms with van der Waals surface area (Å²) < 4.78 is 2.27. The third-order valence-electron chi connectivity index (χ3n) is 2.94. The third-order valence-corrected chi connectivity index (χ3v) is 2.94. The van der Waals surface area contributed by atoms with Gasteiger partial charge in [0.05, 0.1) is 0 Å². The number of nitrogens with one attached hydrogen (secondary N) is 1. The first-order valence-corrected chi connectivity index (χ1v) is 6.52. The van der Waals surface area contributed by atoms with Gasteiger partial charge in [-0.05, 0) is 19.9 Å². The SMILES string of the molecule is CCCCCNCC(C)n1ccnc1CC. The topological polar surface area (TPSA) is 29.9 Å². The standard InChI is InChI=1S/C13H25N3/c1-4-6-7-8-14-11-12(3)16-10-9-15-13(16)5-2/h9-10,12,14H,4-8,11H2,1-3H3. The Morgan fingerprint density at radius 1 is 1.38 bits per heavy atom. The Kier molecular flexibility index (Phi) is 6.16. The van der Waals surface area contributed by atoms with Crippen molar-refractivity contribution >= 4 is 0 Å². The van der Waals surface area contributed by atoms with E-state index >= 15 is 0 Å². The zero-order chi connectivity index (χ0) is 11.8. The Labute approximate surface area is 99.3 Å². The monoisotopic (exact) mass is 223 g/mol. The minimum Gasteiger partial charge on any atom is -0.331 e. The van der Waals surface area contributed by atoms with E-state index in [-0.39, 0.29) is 0 Å². The number of hydrogen-bond acceptors (Lipinski definition) is 2. The molecule has 0 saturated heterocycles. The molecular weight excluding hydrogens is 198 g/mol. The van der Waals surface area contributed by atoms with Crippen LogP contribution in [0.25, 0.3) is 0 Å². The number of unbranched alkanes of at least 4 members (excludes halogenated alkanes) is 2. The summed E-state index contributed by atoms with van der Waals surface area (Å²) in [5, 5.41) is 3.51. The summed E-state index contributed by atoms with van der Waals surface area (Å²) in [6, 6.07) is 0.499.